The summed E-state index contributed by atoms with van der Waals surface area (Å²) >= 11 is 0. The molecular formula is C22H21FN2O2. The Morgan fingerprint density at radius 3 is 2.96 bits per heavy atom. The molecule has 0 saturated carbocycles. The normalized spacial score (nSPS) is 17.1. The first-order chi connectivity index (χ1) is 13.2. The molecule has 0 bridgehead atoms. The molecule has 0 aliphatic carbocycles. The summed E-state index contributed by atoms with van der Waals surface area (Å²) in [5.41, 5.74) is 1.55. The molecule has 4 nitrogen and oxygen atoms in total. The Kier molecular flexibility index (Phi) is 5.01. The molecule has 1 atom stereocenters. The number of benzene rings is 2. The van der Waals surface area contributed by atoms with Crippen LogP contribution in [0.25, 0.3) is 10.9 Å². The Hall–Kier alpha value is -2.95. The molecule has 138 valence electrons. The molecule has 1 aromatic heterocycles. The quantitative estimate of drug-likeness (QED) is 0.693. The lowest BCUT2D eigenvalue weighted by molar-refractivity contribution is 0.0631. The van der Waals surface area contributed by atoms with Crippen molar-refractivity contribution in [2.24, 2.45) is 5.92 Å². The summed E-state index contributed by atoms with van der Waals surface area (Å²) in [6, 6.07) is 15.8. The smallest absolute Gasteiger partial charge is 0.253 e. The molecule has 1 fully saturated rings. The number of carbonyl (C=O) groups excluding carboxylic acids is 1. The number of hydrogen-bond acceptors (Lipinski definition) is 3. The van der Waals surface area contributed by atoms with Gasteiger partial charge < -0.3 is 9.64 Å². The van der Waals surface area contributed by atoms with E-state index >= 15 is 0 Å². The summed E-state index contributed by atoms with van der Waals surface area (Å²) in [5, 5.41) is 0.958. The topological polar surface area (TPSA) is 42.4 Å². The highest BCUT2D eigenvalue weighted by molar-refractivity contribution is 5.98. The van der Waals surface area contributed by atoms with Crippen LogP contribution in [-0.4, -0.2) is 35.5 Å². The van der Waals surface area contributed by atoms with Gasteiger partial charge >= 0.3 is 0 Å². The predicted molar refractivity (Wildman–Crippen MR) is 102 cm³/mol. The van der Waals surface area contributed by atoms with Crippen molar-refractivity contribution in [3.8, 4) is 5.75 Å². The number of carbonyl (C=O) groups is 1. The molecule has 1 saturated heterocycles. The van der Waals surface area contributed by atoms with Crippen molar-refractivity contribution < 1.29 is 13.9 Å². The van der Waals surface area contributed by atoms with Gasteiger partial charge in [0.05, 0.1) is 12.1 Å². The number of ether oxygens (including phenoxy) is 1. The zero-order valence-electron chi connectivity index (χ0n) is 15.0. The lowest BCUT2D eigenvalue weighted by Crippen LogP contribution is -2.41. The third kappa shape index (κ3) is 3.92. The van der Waals surface area contributed by atoms with Crippen molar-refractivity contribution >= 4 is 16.8 Å². The third-order valence-corrected chi connectivity index (χ3v) is 4.97. The highest BCUT2D eigenvalue weighted by Crippen LogP contribution is 2.23. The summed E-state index contributed by atoms with van der Waals surface area (Å²) in [5.74, 6) is 0.134. The van der Waals surface area contributed by atoms with Crippen molar-refractivity contribution in [1.82, 2.24) is 9.88 Å². The van der Waals surface area contributed by atoms with Crippen LogP contribution in [0.4, 0.5) is 4.39 Å². The number of fused-ring (bicyclic) bond motifs is 1. The number of aromatic nitrogens is 1. The Morgan fingerprint density at radius 2 is 2.07 bits per heavy atom. The first kappa shape index (κ1) is 17.5. The van der Waals surface area contributed by atoms with Crippen LogP contribution >= 0.6 is 0 Å². The average Bonchev–Trinajstić information content (AvgIpc) is 2.72. The number of halogens is 1. The van der Waals surface area contributed by atoms with E-state index in [1.54, 1.807) is 24.4 Å². The molecule has 5 heteroatoms. The average molecular weight is 364 g/mol. The lowest BCUT2D eigenvalue weighted by Gasteiger charge is -2.32. The molecule has 1 aliphatic rings. The summed E-state index contributed by atoms with van der Waals surface area (Å²) in [6.45, 7) is 1.77. The van der Waals surface area contributed by atoms with Crippen molar-refractivity contribution in [1.29, 1.82) is 0 Å². The van der Waals surface area contributed by atoms with Crippen molar-refractivity contribution in [2.45, 2.75) is 12.8 Å². The molecule has 0 N–H and O–H groups in total. The Labute approximate surface area is 157 Å². The minimum Gasteiger partial charge on any atom is -0.490 e. The maximum Gasteiger partial charge on any atom is 0.253 e. The van der Waals surface area contributed by atoms with Gasteiger partial charge in [0, 0.05) is 36.2 Å². The van der Waals surface area contributed by atoms with Crippen LogP contribution in [0.5, 0.6) is 5.75 Å². The molecular weight excluding hydrogens is 343 g/mol. The van der Waals surface area contributed by atoms with Crippen LogP contribution in [0.15, 0.2) is 60.8 Å². The van der Waals surface area contributed by atoms with E-state index in [1.165, 1.54) is 6.07 Å². The van der Waals surface area contributed by atoms with Gasteiger partial charge in [-0.1, -0.05) is 18.2 Å². The van der Waals surface area contributed by atoms with E-state index in [9.17, 15) is 9.18 Å². The Bertz CT molecular complexity index is 960. The molecule has 0 spiro atoms. The number of piperidine rings is 1. The SMILES string of the molecule is O=C(c1ccc2ncccc2c1)N1CCCC(COc2ccccc2F)C1. The zero-order valence-corrected chi connectivity index (χ0v) is 15.0. The van der Waals surface area contributed by atoms with Gasteiger partial charge in [0.25, 0.3) is 5.91 Å². The highest BCUT2D eigenvalue weighted by Gasteiger charge is 2.25. The summed E-state index contributed by atoms with van der Waals surface area (Å²) in [6.07, 6.45) is 3.64. The van der Waals surface area contributed by atoms with E-state index in [2.05, 4.69) is 4.98 Å². The molecule has 4 rings (SSSR count). The second kappa shape index (κ2) is 7.74. The van der Waals surface area contributed by atoms with Crippen LogP contribution in [0, 0.1) is 11.7 Å². The van der Waals surface area contributed by atoms with E-state index in [-0.39, 0.29) is 23.4 Å². The maximum absolute atomic E-state index is 13.7. The van der Waals surface area contributed by atoms with Crippen molar-refractivity contribution in [3.05, 3.63) is 72.2 Å². The standard InChI is InChI=1S/C22H21FN2O2/c23-19-7-1-2-8-21(19)27-15-16-5-4-12-25(14-16)22(26)18-9-10-20-17(13-18)6-3-11-24-20/h1-3,6-11,13,16H,4-5,12,14-15H2. The first-order valence-electron chi connectivity index (χ1n) is 9.22. The van der Waals surface area contributed by atoms with Crippen LogP contribution in [0.2, 0.25) is 0 Å². The fourth-order valence-corrected chi connectivity index (χ4v) is 3.55. The fraction of sp³-hybridized carbons (Fsp3) is 0.273. The molecule has 3 aromatic rings. The molecule has 0 radical (unpaired) electrons. The van der Waals surface area contributed by atoms with Crippen molar-refractivity contribution in [2.75, 3.05) is 19.7 Å². The minimum absolute atomic E-state index is 0.0244. The third-order valence-electron chi connectivity index (χ3n) is 4.97. The number of likely N-dealkylation sites (tertiary alicyclic amines) is 1. The van der Waals surface area contributed by atoms with Gasteiger partial charge in [0.15, 0.2) is 11.6 Å². The second-order valence-corrected chi connectivity index (χ2v) is 6.91. The number of pyridine rings is 1. The number of para-hydroxylation sites is 1. The fourth-order valence-electron chi connectivity index (χ4n) is 3.55. The molecule has 1 amide bonds. The van der Waals surface area contributed by atoms with Crippen LogP contribution in [0.1, 0.15) is 23.2 Å². The number of rotatable bonds is 4. The number of nitrogens with zero attached hydrogens (tertiary/aromatic N) is 2. The summed E-state index contributed by atoms with van der Waals surface area (Å²) in [7, 11) is 0. The van der Waals surface area contributed by atoms with Gasteiger partial charge in [-0.3, -0.25) is 9.78 Å². The predicted octanol–water partition coefficient (Wildman–Crippen LogP) is 4.31. The van der Waals surface area contributed by atoms with E-state index in [0.717, 1.165) is 30.3 Å². The Morgan fingerprint density at radius 1 is 1.19 bits per heavy atom. The molecule has 1 unspecified atom stereocenters. The van der Waals surface area contributed by atoms with E-state index in [4.69, 9.17) is 4.74 Å². The van der Waals surface area contributed by atoms with Crippen LogP contribution < -0.4 is 4.74 Å². The largest absolute Gasteiger partial charge is 0.490 e. The lowest BCUT2D eigenvalue weighted by atomic mass is 9.98. The minimum atomic E-state index is -0.356. The molecule has 2 aromatic carbocycles. The highest BCUT2D eigenvalue weighted by atomic mass is 19.1. The number of amides is 1. The Balaban J connectivity index is 1.42. The molecule has 27 heavy (non-hydrogen) atoms. The van der Waals surface area contributed by atoms with Crippen LogP contribution in [0.3, 0.4) is 0 Å². The molecule has 1 aliphatic heterocycles. The van der Waals surface area contributed by atoms with E-state index in [1.807, 2.05) is 35.2 Å². The first-order valence-corrected chi connectivity index (χ1v) is 9.22. The summed E-state index contributed by atoms with van der Waals surface area (Å²) < 4.78 is 19.3. The van der Waals surface area contributed by atoms with E-state index in [0.29, 0.717) is 18.7 Å². The maximum atomic E-state index is 13.7. The monoisotopic (exact) mass is 364 g/mol. The summed E-state index contributed by atoms with van der Waals surface area (Å²) in [4.78, 5) is 19.1. The second-order valence-electron chi connectivity index (χ2n) is 6.91. The van der Waals surface area contributed by atoms with Gasteiger partial charge in [-0.15, -0.1) is 0 Å². The van der Waals surface area contributed by atoms with Gasteiger partial charge in [-0.05, 0) is 49.2 Å². The zero-order chi connectivity index (χ0) is 18.6. The van der Waals surface area contributed by atoms with E-state index < -0.39 is 0 Å². The van der Waals surface area contributed by atoms with Crippen LogP contribution in [-0.2, 0) is 0 Å². The van der Waals surface area contributed by atoms with Gasteiger partial charge in [-0.25, -0.2) is 4.39 Å². The van der Waals surface area contributed by atoms with Gasteiger partial charge in [0.2, 0.25) is 0 Å². The molecule has 2 heterocycles. The van der Waals surface area contributed by atoms with Gasteiger partial charge in [-0.2, -0.15) is 0 Å². The number of hydrogen-bond donors (Lipinski definition) is 0. The van der Waals surface area contributed by atoms with Crippen molar-refractivity contribution in [3.63, 3.8) is 0 Å². The van der Waals surface area contributed by atoms with Gasteiger partial charge in [0.1, 0.15) is 0 Å².